The van der Waals surface area contributed by atoms with Crippen molar-refractivity contribution in [3.8, 4) is 0 Å². The van der Waals surface area contributed by atoms with Crippen LogP contribution in [-0.4, -0.2) is 34.0 Å². The van der Waals surface area contributed by atoms with Crippen molar-refractivity contribution in [2.75, 3.05) is 18.3 Å². The summed E-state index contributed by atoms with van der Waals surface area (Å²) in [6, 6.07) is 11.4. The molecule has 8 heteroatoms. The molecule has 2 aromatic rings. The number of hydrogen-bond donors (Lipinski definition) is 3. The molecule has 1 unspecified atom stereocenters. The molecule has 0 bridgehead atoms. The molecule has 2 aromatic carbocycles. The standard InChI is InChI=1S/C19H25N3O3S.ClH/c1-13-5-8-17(11-14(13)2)22-26(24,25)18-9-6-16(7-10-18)19(23)21-12-15(3)20-4;/h5-11,15,20,22H,12H2,1-4H3,(H,21,23);1H. The lowest BCUT2D eigenvalue weighted by molar-refractivity contribution is 0.0950. The van der Waals surface area contributed by atoms with Gasteiger partial charge in [0.05, 0.1) is 4.90 Å². The predicted molar refractivity (Wildman–Crippen MR) is 111 cm³/mol. The average molecular weight is 412 g/mol. The minimum atomic E-state index is -3.71. The van der Waals surface area contributed by atoms with E-state index in [1.54, 1.807) is 12.1 Å². The molecule has 0 spiro atoms. The van der Waals surface area contributed by atoms with Crippen molar-refractivity contribution in [2.45, 2.75) is 31.7 Å². The number of carbonyl (C=O) groups excluding carboxylic acids is 1. The van der Waals surface area contributed by atoms with Gasteiger partial charge in [-0.25, -0.2) is 8.42 Å². The molecule has 0 aliphatic rings. The Balaban J connectivity index is 0.00000364. The summed E-state index contributed by atoms with van der Waals surface area (Å²) in [4.78, 5) is 12.2. The zero-order valence-electron chi connectivity index (χ0n) is 15.9. The summed E-state index contributed by atoms with van der Waals surface area (Å²) in [7, 11) is -1.89. The number of hydrogen-bond acceptors (Lipinski definition) is 4. The maximum absolute atomic E-state index is 12.5. The van der Waals surface area contributed by atoms with Crippen LogP contribution in [0.2, 0.25) is 0 Å². The van der Waals surface area contributed by atoms with Crippen molar-refractivity contribution < 1.29 is 13.2 Å². The number of halogens is 1. The van der Waals surface area contributed by atoms with E-state index in [-0.39, 0.29) is 29.3 Å². The van der Waals surface area contributed by atoms with E-state index in [2.05, 4.69) is 15.4 Å². The first-order chi connectivity index (χ1) is 12.2. The van der Waals surface area contributed by atoms with Crippen molar-refractivity contribution >= 4 is 34.0 Å². The van der Waals surface area contributed by atoms with Crippen LogP contribution in [0, 0.1) is 13.8 Å². The highest BCUT2D eigenvalue weighted by Crippen LogP contribution is 2.19. The Kier molecular flexibility index (Phi) is 8.27. The van der Waals surface area contributed by atoms with Gasteiger partial charge in [-0.05, 0) is 75.3 Å². The molecule has 0 saturated carbocycles. The van der Waals surface area contributed by atoms with Gasteiger partial charge >= 0.3 is 0 Å². The predicted octanol–water partition coefficient (Wildman–Crippen LogP) is 2.86. The van der Waals surface area contributed by atoms with Gasteiger partial charge in [-0.2, -0.15) is 0 Å². The van der Waals surface area contributed by atoms with Gasteiger partial charge in [0.1, 0.15) is 0 Å². The fourth-order valence-electron chi connectivity index (χ4n) is 2.25. The second-order valence-electron chi connectivity index (χ2n) is 6.33. The van der Waals surface area contributed by atoms with E-state index < -0.39 is 10.0 Å². The molecule has 0 radical (unpaired) electrons. The van der Waals surface area contributed by atoms with Crippen molar-refractivity contribution in [3.05, 3.63) is 59.2 Å². The molecule has 0 aliphatic carbocycles. The lowest BCUT2D eigenvalue weighted by Crippen LogP contribution is -2.37. The van der Waals surface area contributed by atoms with Gasteiger partial charge in [-0.15, -0.1) is 12.4 Å². The van der Waals surface area contributed by atoms with Crippen LogP contribution in [0.5, 0.6) is 0 Å². The minimum absolute atomic E-state index is 0. The monoisotopic (exact) mass is 411 g/mol. The zero-order valence-corrected chi connectivity index (χ0v) is 17.5. The van der Waals surface area contributed by atoms with E-state index in [0.29, 0.717) is 17.8 Å². The lowest BCUT2D eigenvalue weighted by atomic mass is 10.1. The van der Waals surface area contributed by atoms with Crippen LogP contribution < -0.4 is 15.4 Å². The number of sulfonamides is 1. The maximum atomic E-state index is 12.5. The maximum Gasteiger partial charge on any atom is 0.261 e. The number of benzene rings is 2. The quantitative estimate of drug-likeness (QED) is 0.653. The SMILES string of the molecule is CNC(C)CNC(=O)c1ccc(S(=O)(=O)Nc2ccc(C)c(C)c2)cc1.Cl. The topological polar surface area (TPSA) is 87.3 Å². The molecule has 1 atom stereocenters. The molecule has 27 heavy (non-hydrogen) atoms. The fraction of sp³-hybridized carbons (Fsp3) is 0.316. The van der Waals surface area contributed by atoms with Crippen LogP contribution in [0.25, 0.3) is 0 Å². The van der Waals surface area contributed by atoms with Gasteiger partial charge in [0, 0.05) is 23.8 Å². The van der Waals surface area contributed by atoms with E-state index >= 15 is 0 Å². The molecule has 2 rings (SSSR count). The Morgan fingerprint density at radius 2 is 1.67 bits per heavy atom. The molecule has 6 nitrogen and oxygen atoms in total. The molecule has 3 N–H and O–H groups in total. The number of carbonyl (C=O) groups is 1. The van der Waals surface area contributed by atoms with Gasteiger partial charge in [0.15, 0.2) is 0 Å². The first kappa shape index (κ1) is 23.0. The highest BCUT2D eigenvalue weighted by molar-refractivity contribution is 7.92. The number of anilines is 1. The molecule has 0 fully saturated rings. The second kappa shape index (κ2) is 9.73. The fourth-order valence-corrected chi connectivity index (χ4v) is 3.30. The van der Waals surface area contributed by atoms with Crippen LogP contribution in [-0.2, 0) is 10.0 Å². The molecular formula is C19H26ClN3O3S. The van der Waals surface area contributed by atoms with Crippen LogP contribution in [0.4, 0.5) is 5.69 Å². The number of aryl methyl sites for hydroxylation is 2. The third-order valence-corrected chi connectivity index (χ3v) is 5.64. The van der Waals surface area contributed by atoms with E-state index in [4.69, 9.17) is 0 Å². The summed E-state index contributed by atoms with van der Waals surface area (Å²) in [5, 5.41) is 5.82. The van der Waals surface area contributed by atoms with Gasteiger partial charge < -0.3 is 10.6 Å². The lowest BCUT2D eigenvalue weighted by Gasteiger charge is -2.12. The summed E-state index contributed by atoms with van der Waals surface area (Å²) >= 11 is 0. The summed E-state index contributed by atoms with van der Waals surface area (Å²) in [6.07, 6.45) is 0. The normalized spacial score (nSPS) is 12.0. The van der Waals surface area contributed by atoms with E-state index in [0.717, 1.165) is 11.1 Å². The second-order valence-corrected chi connectivity index (χ2v) is 8.01. The number of amides is 1. The Morgan fingerprint density at radius 1 is 1.04 bits per heavy atom. The zero-order chi connectivity index (χ0) is 19.3. The summed E-state index contributed by atoms with van der Waals surface area (Å²) in [5.74, 6) is -0.238. The van der Waals surface area contributed by atoms with Crippen LogP contribution in [0.3, 0.4) is 0 Å². The van der Waals surface area contributed by atoms with Gasteiger partial charge in [-0.3, -0.25) is 9.52 Å². The van der Waals surface area contributed by atoms with Gasteiger partial charge in [0.2, 0.25) is 0 Å². The summed E-state index contributed by atoms with van der Waals surface area (Å²) in [5.41, 5.74) is 3.03. The molecular weight excluding hydrogens is 386 g/mol. The van der Waals surface area contributed by atoms with Gasteiger partial charge in [-0.1, -0.05) is 6.07 Å². The van der Waals surface area contributed by atoms with Crippen molar-refractivity contribution in [1.82, 2.24) is 10.6 Å². The third kappa shape index (κ3) is 6.23. The third-order valence-electron chi connectivity index (χ3n) is 4.25. The van der Waals surface area contributed by atoms with Crippen molar-refractivity contribution in [1.29, 1.82) is 0 Å². The molecule has 1 amide bonds. The highest BCUT2D eigenvalue weighted by atomic mass is 35.5. The average Bonchev–Trinajstić information content (AvgIpc) is 2.62. The molecule has 0 saturated heterocycles. The van der Waals surface area contributed by atoms with E-state index in [1.165, 1.54) is 24.3 Å². The van der Waals surface area contributed by atoms with Crippen LogP contribution in [0.1, 0.15) is 28.4 Å². The molecule has 148 valence electrons. The Morgan fingerprint density at radius 3 is 2.22 bits per heavy atom. The minimum Gasteiger partial charge on any atom is -0.350 e. The first-order valence-electron chi connectivity index (χ1n) is 8.38. The van der Waals surface area contributed by atoms with Crippen LogP contribution >= 0.6 is 12.4 Å². The van der Waals surface area contributed by atoms with E-state index in [1.807, 2.05) is 33.9 Å². The number of rotatable bonds is 7. The first-order valence-corrected chi connectivity index (χ1v) is 9.87. The number of likely N-dealkylation sites (N-methyl/N-ethyl adjacent to an activating group) is 1. The number of nitrogens with one attached hydrogen (secondary N) is 3. The van der Waals surface area contributed by atoms with Crippen molar-refractivity contribution in [3.63, 3.8) is 0 Å². The smallest absolute Gasteiger partial charge is 0.261 e. The molecule has 0 aliphatic heterocycles. The Labute approximate surface area is 167 Å². The Bertz CT molecular complexity index is 884. The summed E-state index contributed by atoms with van der Waals surface area (Å²) < 4.78 is 27.6. The summed E-state index contributed by atoms with van der Waals surface area (Å²) in [6.45, 7) is 6.34. The van der Waals surface area contributed by atoms with Gasteiger partial charge in [0.25, 0.3) is 15.9 Å². The highest BCUT2D eigenvalue weighted by Gasteiger charge is 2.15. The van der Waals surface area contributed by atoms with E-state index in [9.17, 15) is 13.2 Å². The largest absolute Gasteiger partial charge is 0.350 e. The Hall–Kier alpha value is -2.09. The van der Waals surface area contributed by atoms with Crippen molar-refractivity contribution in [2.24, 2.45) is 0 Å². The van der Waals surface area contributed by atoms with Crippen LogP contribution in [0.15, 0.2) is 47.4 Å². The molecule has 0 aromatic heterocycles. The molecule has 0 heterocycles.